The molecule has 0 fully saturated rings. The SMILES string of the molecule is CCNC(=O)[C@@H](CC)N(c1ccc(C)cc1)S(C)(=O)=O. The normalized spacial score (nSPS) is 12.8. The van der Waals surface area contributed by atoms with Crippen LogP contribution >= 0.6 is 0 Å². The third kappa shape index (κ3) is 3.96. The molecule has 0 spiro atoms. The Bertz CT molecular complexity index is 552. The van der Waals surface area contributed by atoms with Crippen molar-refractivity contribution in [1.82, 2.24) is 5.32 Å². The molecule has 1 atom stereocenters. The number of rotatable bonds is 6. The number of likely N-dealkylation sites (N-methyl/N-ethyl adjacent to an activating group) is 1. The van der Waals surface area contributed by atoms with Gasteiger partial charge in [0, 0.05) is 6.54 Å². The quantitative estimate of drug-likeness (QED) is 0.869. The molecule has 0 aliphatic rings. The van der Waals surface area contributed by atoms with Gasteiger partial charge in [-0.05, 0) is 32.4 Å². The minimum absolute atomic E-state index is 0.277. The monoisotopic (exact) mass is 298 g/mol. The second-order valence-electron chi connectivity index (χ2n) is 4.71. The van der Waals surface area contributed by atoms with Crippen LogP contribution in [0.25, 0.3) is 0 Å². The first-order valence-corrected chi connectivity index (χ1v) is 8.49. The van der Waals surface area contributed by atoms with Crippen LogP contribution in [0.5, 0.6) is 0 Å². The van der Waals surface area contributed by atoms with Gasteiger partial charge in [-0.1, -0.05) is 24.6 Å². The number of aryl methyl sites for hydroxylation is 1. The lowest BCUT2D eigenvalue weighted by Crippen LogP contribution is -2.49. The Morgan fingerprint density at radius 1 is 1.25 bits per heavy atom. The second kappa shape index (κ2) is 6.74. The smallest absolute Gasteiger partial charge is 0.243 e. The van der Waals surface area contributed by atoms with Crippen LogP contribution in [-0.4, -0.2) is 33.2 Å². The van der Waals surface area contributed by atoms with E-state index in [1.54, 1.807) is 26.0 Å². The van der Waals surface area contributed by atoms with Gasteiger partial charge in [0.15, 0.2) is 0 Å². The summed E-state index contributed by atoms with van der Waals surface area (Å²) in [5.41, 5.74) is 1.55. The summed E-state index contributed by atoms with van der Waals surface area (Å²) in [6, 6.07) is 6.37. The fourth-order valence-corrected chi connectivity index (χ4v) is 3.26. The number of amides is 1. The fourth-order valence-electron chi connectivity index (χ4n) is 2.04. The van der Waals surface area contributed by atoms with Gasteiger partial charge in [0.2, 0.25) is 15.9 Å². The molecule has 1 N–H and O–H groups in total. The number of nitrogens with one attached hydrogen (secondary N) is 1. The number of anilines is 1. The third-order valence-corrected chi connectivity index (χ3v) is 4.15. The highest BCUT2D eigenvalue weighted by Crippen LogP contribution is 2.22. The predicted molar refractivity (Wildman–Crippen MR) is 81.3 cm³/mol. The number of hydrogen-bond acceptors (Lipinski definition) is 3. The van der Waals surface area contributed by atoms with Gasteiger partial charge >= 0.3 is 0 Å². The molecule has 1 aromatic carbocycles. The van der Waals surface area contributed by atoms with E-state index in [4.69, 9.17) is 0 Å². The average molecular weight is 298 g/mol. The van der Waals surface area contributed by atoms with Gasteiger partial charge in [-0.25, -0.2) is 8.42 Å². The Morgan fingerprint density at radius 3 is 2.20 bits per heavy atom. The Morgan fingerprint density at radius 2 is 1.80 bits per heavy atom. The van der Waals surface area contributed by atoms with Crippen LogP contribution in [0, 0.1) is 6.92 Å². The zero-order chi connectivity index (χ0) is 15.3. The molecule has 5 nitrogen and oxygen atoms in total. The molecule has 6 heteroatoms. The maximum Gasteiger partial charge on any atom is 0.243 e. The Labute approximate surface area is 121 Å². The molecule has 0 bridgehead atoms. The molecule has 0 saturated carbocycles. The van der Waals surface area contributed by atoms with Crippen molar-refractivity contribution in [3.05, 3.63) is 29.8 Å². The van der Waals surface area contributed by atoms with Crippen LogP contribution in [0.1, 0.15) is 25.8 Å². The second-order valence-corrected chi connectivity index (χ2v) is 6.57. The average Bonchev–Trinajstić information content (AvgIpc) is 2.36. The van der Waals surface area contributed by atoms with Gasteiger partial charge < -0.3 is 5.32 Å². The topological polar surface area (TPSA) is 66.5 Å². The minimum atomic E-state index is -3.53. The maximum atomic E-state index is 12.1. The first kappa shape index (κ1) is 16.5. The lowest BCUT2D eigenvalue weighted by Gasteiger charge is -2.30. The zero-order valence-electron chi connectivity index (χ0n) is 12.4. The largest absolute Gasteiger partial charge is 0.355 e. The molecule has 0 heterocycles. The summed E-state index contributed by atoms with van der Waals surface area (Å²) in [5, 5.41) is 2.69. The lowest BCUT2D eigenvalue weighted by molar-refractivity contribution is -0.122. The van der Waals surface area contributed by atoms with Crippen LogP contribution in [0.15, 0.2) is 24.3 Å². The number of sulfonamides is 1. The van der Waals surface area contributed by atoms with Crippen LogP contribution in [0.3, 0.4) is 0 Å². The molecule has 1 rings (SSSR count). The molecule has 0 aliphatic carbocycles. The van der Waals surface area contributed by atoms with E-state index in [-0.39, 0.29) is 5.91 Å². The van der Waals surface area contributed by atoms with E-state index < -0.39 is 16.1 Å². The van der Waals surface area contributed by atoms with Crippen molar-refractivity contribution in [2.45, 2.75) is 33.2 Å². The van der Waals surface area contributed by atoms with Crippen molar-refractivity contribution < 1.29 is 13.2 Å². The molecule has 0 aromatic heterocycles. The lowest BCUT2D eigenvalue weighted by atomic mass is 10.1. The summed E-state index contributed by atoms with van der Waals surface area (Å²) >= 11 is 0. The molecule has 20 heavy (non-hydrogen) atoms. The van der Waals surface area contributed by atoms with Crippen LogP contribution in [-0.2, 0) is 14.8 Å². The highest BCUT2D eigenvalue weighted by atomic mass is 32.2. The standard InChI is InChI=1S/C14H22N2O3S/c1-5-13(14(17)15-6-2)16(20(4,18)19)12-9-7-11(3)8-10-12/h7-10,13H,5-6H2,1-4H3,(H,15,17)/t13-/m1/s1. The summed E-state index contributed by atoms with van der Waals surface area (Å²) in [6.45, 7) is 6.00. The summed E-state index contributed by atoms with van der Waals surface area (Å²) in [5.74, 6) is -0.277. The predicted octanol–water partition coefficient (Wildman–Crippen LogP) is 1.68. The Kier molecular flexibility index (Phi) is 5.56. The molecule has 0 unspecified atom stereocenters. The molecular formula is C14H22N2O3S. The Hall–Kier alpha value is -1.56. The van der Waals surface area contributed by atoms with E-state index in [1.165, 1.54) is 4.31 Å². The molecule has 0 saturated heterocycles. The molecule has 0 aliphatic heterocycles. The molecule has 0 radical (unpaired) electrons. The molecule has 112 valence electrons. The minimum Gasteiger partial charge on any atom is -0.355 e. The number of hydrogen-bond donors (Lipinski definition) is 1. The number of nitrogens with zero attached hydrogens (tertiary/aromatic N) is 1. The molecule has 1 amide bonds. The zero-order valence-corrected chi connectivity index (χ0v) is 13.2. The number of carbonyl (C=O) groups is 1. The molecular weight excluding hydrogens is 276 g/mol. The van der Waals surface area contributed by atoms with E-state index in [0.29, 0.717) is 18.7 Å². The van der Waals surface area contributed by atoms with Crippen molar-refractivity contribution in [3.8, 4) is 0 Å². The first-order valence-electron chi connectivity index (χ1n) is 6.65. The van der Waals surface area contributed by atoms with E-state index >= 15 is 0 Å². The highest BCUT2D eigenvalue weighted by Gasteiger charge is 2.30. The van der Waals surface area contributed by atoms with E-state index in [1.807, 2.05) is 19.1 Å². The Balaban J connectivity index is 3.25. The van der Waals surface area contributed by atoms with Crippen molar-refractivity contribution in [2.75, 3.05) is 17.1 Å². The van der Waals surface area contributed by atoms with Gasteiger partial charge in [0.05, 0.1) is 11.9 Å². The van der Waals surface area contributed by atoms with Crippen molar-refractivity contribution >= 4 is 21.6 Å². The summed E-state index contributed by atoms with van der Waals surface area (Å²) in [4.78, 5) is 12.1. The third-order valence-electron chi connectivity index (χ3n) is 2.97. The van der Waals surface area contributed by atoms with E-state index in [0.717, 1.165) is 11.8 Å². The van der Waals surface area contributed by atoms with E-state index in [9.17, 15) is 13.2 Å². The fraction of sp³-hybridized carbons (Fsp3) is 0.500. The van der Waals surface area contributed by atoms with Gasteiger partial charge in [-0.15, -0.1) is 0 Å². The van der Waals surface area contributed by atoms with Crippen LogP contribution in [0.2, 0.25) is 0 Å². The molecule has 1 aromatic rings. The van der Waals surface area contributed by atoms with Gasteiger partial charge in [-0.3, -0.25) is 9.10 Å². The van der Waals surface area contributed by atoms with Gasteiger partial charge in [-0.2, -0.15) is 0 Å². The van der Waals surface area contributed by atoms with E-state index in [2.05, 4.69) is 5.32 Å². The summed E-state index contributed by atoms with van der Waals surface area (Å²) in [6.07, 6.45) is 1.53. The summed E-state index contributed by atoms with van der Waals surface area (Å²) < 4.78 is 25.3. The van der Waals surface area contributed by atoms with Crippen LogP contribution < -0.4 is 9.62 Å². The maximum absolute atomic E-state index is 12.1. The van der Waals surface area contributed by atoms with Crippen molar-refractivity contribution in [2.24, 2.45) is 0 Å². The van der Waals surface area contributed by atoms with Crippen molar-refractivity contribution in [3.63, 3.8) is 0 Å². The first-order chi connectivity index (χ1) is 9.31. The van der Waals surface area contributed by atoms with Gasteiger partial charge in [0.25, 0.3) is 0 Å². The summed E-state index contributed by atoms with van der Waals surface area (Å²) in [7, 11) is -3.53. The highest BCUT2D eigenvalue weighted by molar-refractivity contribution is 7.92. The van der Waals surface area contributed by atoms with Crippen molar-refractivity contribution in [1.29, 1.82) is 0 Å². The van der Waals surface area contributed by atoms with Gasteiger partial charge in [0.1, 0.15) is 6.04 Å². The number of benzene rings is 1. The van der Waals surface area contributed by atoms with Crippen LogP contribution in [0.4, 0.5) is 5.69 Å². The number of carbonyl (C=O) groups excluding carboxylic acids is 1.